The number of rotatable bonds is 5. The lowest BCUT2D eigenvalue weighted by Gasteiger charge is -2.27. The van der Waals surface area contributed by atoms with E-state index in [1.807, 2.05) is 6.07 Å². The van der Waals surface area contributed by atoms with Crippen molar-refractivity contribution in [3.8, 4) is 0 Å². The quantitative estimate of drug-likeness (QED) is 0.541. The predicted molar refractivity (Wildman–Crippen MR) is 104 cm³/mol. The number of carbonyl (C=O) groups is 1. The number of amides is 1. The van der Waals surface area contributed by atoms with Gasteiger partial charge >= 0.3 is 6.18 Å². The molecule has 150 valence electrons. The Hall–Kier alpha value is -2.00. The van der Waals surface area contributed by atoms with Crippen LogP contribution in [0.4, 0.5) is 24.7 Å². The Bertz CT molecular complexity index is 844. The molecule has 3 rings (SSSR count). The first kappa shape index (κ1) is 20.7. The summed E-state index contributed by atoms with van der Waals surface area (Å²) in [6, 6.07) is 4.63. The maximum absolute atomic E-state index is 12.8. The van der Waals surface area contributed by atoms with Gasteiger partial charge in [0.05, 0.1) is 22.0 Å². The largest absolute Gasteiger partial charge is 0.416 e. The molecule has 10 heteroatoms. The van der Waals surface area contributed by atoms with Gasteiger partial charge in [-0.15, -0.1) is 0 Å². The van der Waals surface area contributed by atoms with Crippen molar-refractivity contribution in [1.82, 2.24) is 9.97 Å². The second-order valence-electron chi connectivity index (χ2n) is 6.29. The zero-order valence-corrected chi connectivity index (χ0v) is 16.4. The van der Waals surface area contributed by atoms with Gasteiger partial charge in [0.15, 0.2) is 0 Å². The van der Waals surface area contributed by atoms with E-state index in [0.717, 1.165) is 49.9 Å². The van der Waals surface area contributed by atoms with Gasteiger partial charge in [-0.1, -0.05) is 23.4 Å². The van der Waals surface area contributed by atoms with Crippen molar-refractivity contribution in [1.29, 1.82) is 0 Å². The molecule has 0 saturated carbocycles. The first-order valence-corrected chi connectivity index (χ1v) is 10.1. The highest BCUT2D eigenvalue weighted by Gasteiger charge is 2.31. The molecule has 0 aliphatic carbocycles. The summed E-state index contributed by atoms with van der Waals surface area (Å²) in [6.07, 6.45) is 0.388. The molecule has 5 nitrogen and oxygen atoms in total. The second kappa shape index (κ2) is 9.00. The van der Waals surface area contributed by atoms with Crippen LogP contribution in [-0.4, -0.2) is 34.7 Å². The lowest BCUT2D eigenvalue weighted by molar-refractivity contribution is -0.137. The number of alkyl halides is 3. The molecule has 0 bridgehead atoms. The predicted octanol–water partition coefficient (Wildman–Crippen LogP) is 4.87. The molecule has 1 saturated heterocycles. The Kier molecular flexibility index (Phi) is 6.66. The third-order valence-electron chi connectivity index (χ3n) is 4.23. The van der Waals surface area contributed by atoms with Gasteiger partial charge in [-0.25, -0.2) is 9.97 Å². The van der Waals surface area contributed by atoms with Crippen molar-refractivity contribution < 1.29 is 18.0 Å². The molecule has 0 atom stereocenters. The topological polar surface area (TPSA) is 58.1 Å². The van der Waals surface area contributed by atoms with Crippen LogP contribution in [0.5, 0.6) is 0 Å². The summed E-state index contributed by atoms with van der Waals surface area (Å²) < 4.78 is 38.5. The lowest BCUT2D eigenvalue weighted by atomic mass is 10.1. The SMILES string of the molecule is O=C(CSc1cc(N2CCCCC2)ncn1)Nc1cc(C(F)(F)F)ccc1Cl. The van der Waals surface area contributed by atoms with Crippen molar-refractivity contribution in [2.45, 2.75) is 30.5 Å². The van der Waals surface area contributed by atoms with Crippen molar-refractivity contribution in [3.05, 3.63) is 41.2 Å². The number of halogens is 4. The van der Waals surface area contributed by atoms with Crippen LogP contribution in [0.25, 0.3) is 0 Å². The van der Waals surface area contributed by atoms with E-state index >= 15 is 0 Å². The van der Waals surface area contributed by atoms with Crippen molar-refractivity contribution in [2.24, 2.45) is 0 Å². The molecule has 2 aromatic rings. The smallest absolute Gasteiger partial charge is 0.356 e. The molecule has 0 spiro atoms. The van der Waals surface area contributed by atoms with Gasteiger partial charge < -0.3 is 10.2 Å². The standard InChI is InChI=1S/C18H18ClF3N4OS/c19-13-5-4-12(18(20,21)22)8-14(13)25-16(27)10-28-17-9-15(23-11-24-17)26-6-2-1-3-7-26/h4-5,8-9,11H,1-3,6-7,10H2,(H,25,27). The first-order chi connectivity index (χ1) is 13.3. The third kappa shape index (κ3) is 5.51. The molecule has 1 fully saturated rings. The summed E-state index contributed by atoms with van der Waals surface area (Å²) >= 11 is 7.09. The lowest BCUT2D eigenvalue weighted by Crippen LogP contribution is -2.30. The van der Waals surface area contributed by atoms with E-state index in [1.54, 1.807) is 0 Å². The zero-order chi connectivity index (χ0) is 20.1. The Balaban J connectivity index is 1.60. The fraction of sp³-hybridized carbons (Fsp3) is 0.389. The summed E-state index contributed by atoms with van der Waals surface area (Å²) in [7, 11) is 0. The number of hydrogen-bond acceptors (Lipinski definition) is 5. The van der Waals surface area contributed by atoms with Crippen LogP contribution < -0.4 is 10.2 Å². The number of nitrogens with zero attached hydrogens (tertiary/aromatic N) is 3. The normalized spacial score (nSPS) is 14.8. The van der Waals surface area contributed by atoms with Crippen molar-refractivity contribution >= 4 is 40.8 Å². The average Bonchev–Trinajstić information content (AvgIpc) is 2.68. The van der Waals surface area contributed by atoms with Crippen molar-refractivity contribution in [2.75, 3.05) is 29.1 Å². The third-order valence-corrected chi connectivity index (χ3v) is 5.48. The summed E-state index contributed by atoms with van der Waals surface area (Å²) in [6.45, 7) is 1.88. The Morgan fingerprint density at radius 3 is 2.64 bits per heavy atom. The minimum Gasteiger partial charge on any atom is -0.356 e. The Labute approximate surface area is 169 Å². The first-order valence-electron chi connectivity index (χ1n) is 8.69. The van der Waals surface area contributed by atoms with E-state index in [1.165, 1.54) is 24.5 Å². The van der Waals surface area contributed by atoms with E-state index in [0.29, 0.717) is 5.03 Å². The molecule has 1 amide bonds. The van der Waals surface area contributed by atoms with Crippen LogP contribution >= 0.6 is 23.4 Å². The molecule has 1 aliphatic rings. The zero-order valence-electron chi connectivity index (χ0n) is 14.8. The molecule has 0 unspecified atom stereocenters. The Morgan fingerprint density at radius 1 is 1.18 bits per heavy atom. The fourth-order valence-corrected chi connectivity index (χ4v) is 3.65. The van der Waals surface area contributed by atoms with Crippen LogP contribution in [0.1, 0.15) is 24.8 Å². The van der Waals surface area contributed by atoms with E-state index < -0.39 is 17.6 Å². The van der Waals surface area contributed by atoms with Crippen molar-refractivity contribution in [3.63, 3.8) is 0 Å². The van der Waals surface area contributed by atoms with Gasteiger partial charge in [0.1, 0.15) is 17.2 Å². The summed E-state index contributed by atoms with van der Waals surface area (Å²) in [4.78, 5) is 22.8. The number of piperidine rings is 1. The second-order valence-corrected chi connectivity index (χ2v) is 7.69. The molecule has 2 heterocycles. The molecule has 1 N–H and O–H groups in total. The van der Waals surface area contributed by atoms with Gasteiger partial charge in [-0.05, 0) is 37.5 Å². The maximum atomic E-state index is 12.8. The van der Waals surface area contributed by atoms with Gasteiger partial charge in [0.25, 0.3) is 0 Å². The summed E-state index contributed by atoms with van der Waals surface area (Å²) in [5.41, 5.74) is -0.944. The van der Waals surface area contributed by atoms with Crippen LogP contribution in [0.15, 0.2) is 35.6 Å². The van der Waals surface area contributed by atoms with E-state index in [2.05, 4.69) is 20.2 Å². The van der Waals surface area contributed by atoms with Crippen LogP contribution in [0.3, 0.4) is 0 Å². The van der Waals surface area contributed by atoms with Gasteiger partial charge in [0, 0.05) is 19.2 Å². The molecule has 0 radical (unpaired) electrons. The number of carbonyl (C=O) groups excluding carboxylic acids is 1. The van der Waals surface area contributed by atoms with Crippen LogP contribution in [-0.2, 0) is 11.0 Å². The Morgan fingerprint density at radius 2 is 1.93 bits per heavy atom. The highest BCUT2D eigenvalue weighted by molar-refractivity contribution is 7.99. The fourth-order valence-electron chi connectivity index (χ4n) is 2.83. The van der Waals surface area contributed by atoms with E-state index in [9.17, 15) is 18.0 Å². The number of anilines is 2. The molecular weight excluding hydrogens is 413 g/mol. The molecular formula is C18H18ClF3N4OS. The monoisotopic (exact) mass is 430 g/mol. The van der Waals surface area contributed by atoms with E-state index in [-0.39, 0.29) is 16.5 Å². The minimum atomic E-state index is -4.51. The average molecular weight is 431 g/mol. The highest BCUT2D eigenvalue weighted by atomic mass is 35.5. The van der Waals surface area contributed by atoms with Gasteiger partial charge in [0.2, 0.25) is 5.91 Å². The molecule has 1 aromatic heterocycles. The van der Waals surface area contributed by atoms with Crippen LogP contribution in [0, 0.1) is 0 Å². The van der Waals surface area contributed by atoms with E-state index in [4.69, 9.17) is 11.6 Å². The molecule has 28 heavy (non-hydrogen) atoms. The molecule has 1 aromatic carbocycles. The van der Waals surface area contributed by atoms with Crippen LogP contribution in [0.2, 0.25) is 5.02 Å². The number of hydrogen-bond donors (Lipinski definition) is 1. The number of aromatic nitrogens is 2. The number of nitrogens with one attached hydrogen (secondary N) is 1. The maximum Gasteiger partial charge on any atom is 0.416 e. The highest BCUT2D eigenvalue weighted by Crippen LogP contribution is 2.34. The van der Waals surface area contributed by atoms with Gasteiger partial charge in [-0.3, -0.25) is 4.79 Å². The number of thioether (sulfide) groups is 1. The van der Waals surface area contributed by atoms with Gasteiger partial charge in [-0.2, -0.15) is 13.2 Å². The summed E-state index contributed by atoms with van der Waals surface area (Å²) in [5.74, 6) is 0.339. The molecule has 1 aliphatic heterocycles. The minimum absolute atomic E-state index is 0.0109. The number of benzene rings is 1. The summed E-state index contributed by atoms with van der Waals surface area (Å²) in [5, 5.41) is 3.09.